The first-order valence-corrected chi connectivity index (χ1v) is 5.27. The molecule has 1 rings (SSSR count). The molecule has 1 saturated heterocycles. The number of carboxylic acids is 1. The van der Waals surface area contributed by atoms with Crippen molar-refractivity contribution in [2.75, 3.05) is 20.3 Å². The highest BCUT2D eigenvalue weighted by Crippen LogP contribution is 2.31. The number of hydrogen-bond acceptors (Lipinski definition) is 4. The van der Waals surface area contributed by atoms with Crippen LogP contribution in [-0.2, 0) is 14.3 Å². The molecule has 2 unspecified atom stereocenters. The molecule has 0 aromatic carbocycles. The maximum absolute atomic E-state index is 11.7. The average molecular weight is 243 g/mol. The van der Waals surface area contributed by atoms with Crippen molar-refractivity contribution in [1.82, 2.24) is 4.90 Å². The van der Waals surface area contributed by atoms with Crippen molar-refractivity contribution < 1.29 is 24.2 Å². The third-order valence-corrected chi connectivity index (χ3v) is 2.95. The molecule has 0 saturated carbocycles. The van der Waals surface area contributed by atoms with E-state index < -0.39 is 17.6 Å². The SMILES string of the molecule is C=CCOC(=O)N1CC(OC)CC1(C)C(=O)O. The smallest absolute Gasteiger partial charge is 0.411 e. The summed E-state index contributed by atoms with van der Waals surface area (Å²) >= 11 is 0. The van der Waals surface area contributed by atoms with Gasteiger partial charge in [-0.1, -0.05) is 12.7 Å². The number of ether oxygens (including phenoxy) is 2. The number of carbonyl (C=O) groups excluding carboxylic acids is 1. The van der Waals surface area contributed by atoms with Crippen LogP contribution in [0.15, 0.2) is 12.7 Å². The number of rotatable bonds is 4. The van der Waals surface area contributed by atoms with Crippen LogP contribution in [0.4, 0.5) is 4.79 Å². The predicted octanol–water partition coefficient (Wildman–Crippen LogP) is 0.873. The molecule has 1 N–H and O–H groups in total. The van der Waals surface area contributed by atoms with Gasteiger partial charge in [0.15, 0.2) is 0 Å². The molecule has 0 spiro atoms. The molecule has 0 aromatic rings. The Bertz CT molecular complexity index is 330. The Kier molecular flexibility index (Phi) is 4.11. The summed E-state index contributed by atoms with van der Waals surface area (Å²) in [5.41, 5.74) is -1.28. The van der Waals surface area contributed by atoms with E-state index in [1.54, 1.807) is 0 Å². The van der Waals surface area contributed by atoms with Gasteiger partial charge in [-0.3, -0.25) is 4.90 Å². The summed E-state index contributed by atoms with van der Waals surface area (Å²) < 4.78 is 9.97. The Hall–Kier alpha value is -1.56. The molecule has 1 amide bonds. The van der Waals surface area contributed by atoms with Crippen LogP contribution in [-0.4, -0.2) is 54.0 Å². The van der Waals surface area contributed by atoms with Gasteiger partial charge in [-0.15, -0.1) is 0 Å². The van der Waals surface area contributed by atoms with Crippen LogP contribution in [0.2, 0.25) is 0 Å². The van der Waals surface area contributed by atoms with Gasteiger partial charge in [0, 0.05) is 13.5 Å². The fourth-order valence-corrected chi connectivity index (χ4v) is 1.87. The van der Waals surface area contributed by atoms with Crippen LogP contribution in [0.5, 0.6) is 0 Å². The maximum Gasteiger partial charge on any atom is 0.411 e. The van der Waals surface area contributed by atoms with Crippen molar-refractivity contribution in [2.24, 2.45) is 0 Å². The molecule has 1 aliphatic heterocycles. The third-order valence-electron chi connectivity index (χ3n) is 2.95. The topological polar surface area (TPSA) is 76.1 Å². The van der Waals surface area contributed by atoms with Crippen LogP contribution in [0.3, 0.4) is 0 Å². The first-order valence-electron chi connectivity index (χ1n) is 5.27. The van der Waals surface area contributed by atoms with E-state index in [9.17, 15) is 14.7 Å². The van der Waals surface area contributed by atoms with Crippen molar-refractivity contribution in [1.29, 1.82) is 0 Å². The van der Waals surface area contributed by atoms with Crippen LogP contribution in [0, 0.1) is 0 Å². The van der Waals surface area contributed by atoms with Crippen LogP contribution in [0.25, 0.3) is 0 Å². The second kappa shape index (κ2) is 5.18. The van der Waals surface area contributed by atoms with Gasteiger partial charge in [0.2, 0.25) is 0 Å². The fourth-order valence-electron chi connectivity index (χ4n) is 1.87. The van der Waals surface area contributed by atoms with Crippen molar-refractivity contribution in [3.05, 3.63) is 12.7 Å². The fraction of sp³-hybridized carbons (Fsp3) is 0.636. The highest BCUT2D eigenvalue weighted by atomic mass is 16.6. The largest absolute Gasteiger partial charge is 0.480 e. The van der Waals surface area contributed by atoms with Gasteiger partial charge in [-0.25, -0.2) is 9.59 Å². The van der Waals surface area contributed by atoms with E-state index in [1.165, 1.54) is 25.0 Å². The second-order valence-electron chi connectivity index (χ2n) is 4.12. The zero-order chi connectivity index (χ0) is 13.1. The van der Waals surface area contributed by atoms with Gasteiger partial charge in [0.1, 0.15) is 12.1 Å². The number of carbonyl (C=O) groups is 2. The first-order chi connectivity index (χ1) is 7.95. The van der Waals surface area contributed by atoms with Gasteiger partial charge in [-0.05, 0) is 6.92 Å². The molecule has 0 aromatic heterocycles. The summed E-state index contributed by atoms with van der Waals surface area (Å²) in [6.07, 6.45) is 0.740. The molecular weight excluding hydrogens is 226 g/mol. The van der Waals surface area contributed by atoms with Crippen molar-refractivity contribution in [3.63, 3.8) is 0 Å². The number of carboxylic acid groups (broad SMARTS) is 1. The lowest BCUT2D eigenvalue weighted by Gasteiger charge is -2.29. The summed E-state index contributed by atoms with van der Waals surface area (Å²) in [6.45, 7) is 5.19. The van der Waals surface area contributed by atoms with Gasteiger partial charge < -0.3 is 14.6 Å². The number of hydrogen-bond donors (Lipinski definition) is 1. The molecule has 1 fully saturated rings. The molecule has 6 nitrogen and oxygen atoms in total. The number of likely N-dealkylation sites (tertiary alicyclic amines) is 1. The zero-order valence-corrected chi connectivity index (χ0v) is 10.0. The van der Waals surface area contributed by atoms with E-state index in [4.69, 9.17) is 9.47 Å². The highest BCUT2D eigenvalue weighted by molar-refractivity contribution is 5.85. The molecule has 17 heavy (non-hydrogen) atoms. The van der Waals surface area contributed by atoms with Crippen molar-refractivity contribution in [3.8, 4) is 0 Å². The number of nitrogens with zero attached hydrogens (tertiary/aromatic N) is 1. The molecule has 2 atom stereocenters. The minimum Gasteiger partial charge on any atom is -0.480 e. The first kappa shape index (κ1) is 13.5. The molecule has 1 aliphatic rings. The Morgan fingerprint density at radius 2 is 2.29 bits per heavy atom. The van der Waals surface area contributed by atoms with Gasteiger partial charge in [0.05, 0.1) is 12.6 Å². The van der Waals surface area contributed by atoms with E-state index >= 15 is 0 Å². The van der Waals surface area contributed by atoms with Gasteiger partial charge >= 0.3 is 12.1 Å². The average Bonchev–Trinajstić information content (AvgIpc) is 2.65. The molecule has 0 aliphatic carbocycles. The Morgan fingerprint density at radius 1 is 1.65 bits per heavy atom. The minimum atomic E-state index is -1.28. The van der Waals surface area contributed by atoms with E-state index in [1.807, 2.05) is 0 Å². The van der Waals surface area contributed by atoms with E-state index in [0.29, 0.717) is 0 Å². The summed E-state index contributed by atoms with van der Waals surface area (Å²) in [5, 5.41) is 9.21. The lowest BCUT2D eigenvalue weighted by molar-refractivity contribution is -0.147. The molecule has 6 heteroatoms. The van der Waals surface area contributed by atoms with Crippen molar-refractivity contribution in [2.45, 2.75) is 25.0 Å². The maximum atomic E-state index is 11.7. The molecule has 96 valence electrons. The standard InChI is InChI=1S/C11H17NO5/c1-4-5-17-10(15)12-7-8(16-3)6-11(12,2)9(13)14/h4,8H,1,5-7H2,2-3H3,(H,13,14). The normalized spacial score (nSPS) is 27.9. The van der Waals surface area contributed by atoms with Crippen LogP contribution < -0.4 is 0 Å². The lowest BCUT2D eigenvalue weighted by Crippen LogP contribution is -2.50. The summed E-state index contributed by atoms with van der Waals surface area (Å²) in [7, 11) is 1.49. The predicted molar refractivity (Wildman–Crippen MR) is 59.7 cm³/mol. The highest BCUT2D eigenvalue weighted by Gasteiger charge is 2.51. The number of amides is 1. The van der Waals surface area contributed by atoms with E-state index in [-0.39, 0.29) is 25.7 Å². The Labute approximate surface area is 99.8 Å². The number of aliphatic carboxylic acids is 1. The quantitative estimate of drug-likeness (QED) is 0.741. The Morgan fingerprint density at radius 3 is 2.76 bits per heavy atom. The van der Waals surface area contributed by atoms with Crippen LogP contribution in [0.1, 0.15) is 13.3 Å². The Balaban J connectivity index is 2.83. The van der Waals surface area contributed by atoms with Gasteiger partial charge in [0.25, 0.3) is 0 Å². The number of methoxy groups -OCH3 is 1. The molecule has 0 radical (unpaired) electrons. The second-order valence-corrected chi connectivity index (χ2v) is 4.12. The molecule has 0 bridgehead atoms. The zero-order valence-electron chi connectivity index (χ0n) is 10.0. The molecular formula is C11H17NO5. The van der Waals surface area contributed by atoms with Crippen LogP contribution >= 0.6 is 0 Å². The summed E-state index contributed by atoms with van der Waals surface area (Å²) in [5.74, 6) is -1.06. The summed E-state index contributed by atoms with van der Waals surface area (Å²) in [6, 6.07) is 0. The summed E-state index contributed by atoms with van der Waals surface area (Å²) in [4.78, 5) is 24.2. The third kappa shape index (κ3) is 2.58. The lowest BCUT2D eigenvalue weighted by atomic mass is 9.99. The minimum absolute atomic E-state index is 0.0582. The van der Waals surface area contributed by atoms with Gasteiger partial charge in [-0.2, -0.15) is 0 Å². The van der Waals surface area contributed by atoms with E-state index in [0.717, 1.165) is 0 Å². The van der Waals surface area contributed by atoms with E-state index in [2.05, 4.69) is 6.58 Å². The molecule has 1 heterocycles. The monoisotopic (exact) mass is 243 g/mol. The van der Waals surface area contributed by atoms with Crippen molar-refractivity contribution >= 4 is 12.1 Å².